The molecule has 0 heterocycles. The van der Waals surface area contributed by atoms with Crippen molar-refractivity contribution in [3.63, 3.8) is 0 Å². The van der Waals surface area contributed by atoms with Gasteiger partial charge in [-0.15, -0.1) is 0 Å². The average molecular weight is 360 g/mol. The van der Waals surface area contributed by atoms with Gasteiger partial charge in [-0.05, 0) is 37.3 Å². The van der Waals surface area contributed by atoms with Gasteiger partial charge in [-0.3, -0.25) is 0 Å². The third kappa shape index (κ3) is 3.55. The second-order valence-electron chi connectivity index (χ2n) is 5.60. The molecular formula is C15H22BrNO2S. The van der Waals surface area contributed by atoms with Gasteiger partial charge in [0, 0.05) is 18.4 Å². The third-order valence-corrected chi connectivity index (χ3v) is 6.50. The van der Waals surface area contributed by atoms with Gasteiger partial charge in [0.25, 0.3) is 0 Å². The molecule has 112 valence electrons. The maximum absolute atomic E-state index is 12.3. The van der Waals surface area contributed by atoms with Crippen molar-refractivity contribution in [1.82, 2.24) is 0 Å². The summed E-state index contributed by atoms with van der Waals surface area (Å²) < 4.78 is 24.7. The Bertz CT molecular complexity index is 553. The van der Waals surface area contributed by atoms with Crippen LogP contribution in [0.4, 0.5) is 5.69 Å². The van der Waals surface area contributed by atoms with Gasteiger partial charge in [-0.1, -0.05) is 35.0 Å². The highest BCUT2D eigenvalue weighted by molar-refractivity contribution is 9.09. The smallest absolute Gasteiger partial charge is 0.180 e. The second kappa shape index (κ2) is 6.48. The number of hydrogen-bond acceptors (Lipinski definition) is 3. The molecule has 0 aliphatic heterocycles. The van der Waals surface area contributed by atoms with E-state index < -0.39 is 9.84 Å². The topological polar surface area (TPSA) is 37.4 Å². The number of anilines is 1. The molecule has 0 radical (unpaired) electrons. The molecule has 1 aliphatic rings. The zero-order chi connectivity index (χ0) is 14.8. The van der Waals surface area contributed by atoms with Crippen LogP contribution in [0.25, 0.3) is 0 Å². The fourth-order valence-electron chi connectivity index (χ4n) is 2.70. The molecule has 1 aromatic carbocycles. The minimum absolute atomic E-state index is 0.213. The summed E-state index contributed by atoms with van der Waals surface area (Å²) in [7, 11) is -1.18. The molecule has 1 fully saturated rings. The predicted octanol–water partition coefficient (Wildman–Crippen LogP) is 3.48. The monoisotopic (exact) mass is 359 g/mol. The van der Waals surface area contributed by atoms with Crippen LogP contribution in [-0.4, -0.2) is 32.6 Å². The molecule has 0 amide bonds. The Labute approximate surface area is 130 Å². The number of rotatable bonds is 6. The predicted molar refractivity (Wildman–Crippen MR) is 87.5 cm³/mol. The minimum Gasteiger partial charge on any atom is -0.373 e. The van der Waals surface area contributed by atoms with Gasteiger partial charge in [-0.25, -0.2) is 8.42 Å². The molecule has 0 spiro atoms. The quantitative estimate of drug-likeness (QED) is 0.729. The molecule has 1 saturated carbocycles. The zero-order valence-corrected chi connectivity index (χ0v) is 14.5. The molecule has 5 heteroatoms. The Hall–Kier alpha value is -0.550. The van der Waals surface area contributed by atoms with Crippen molar-refractivity contribution in [1.29, 1.82) is 0 Å². The van der Waals surface area contributed by atoms with Crippen LogP contribution < -0.4 is 4.90 Å². The van der Waals surface area contributed by atoms with Crippen LogP contribution in [0, 0.1) is 5.92 Å². The summed E-state index contributed by atoms with van der Waals surface area (Å²) in [5.74, 6) is 0.872. The summed E-state index contributed by atoms with van der Waals surface area (Å²) in [6.07, 6.45) is 3.00. The van der Waals surface area contributed by atoms with Crippen molar-refractivity contribution in [2.24, 2.45) is 5.92 Å². The first-order valence-corrected chi connectivity index (χ1v) is 9.68. The van der Waals surface area contributed by atoms with Crippen molar-refractivity contribution in [3.05, 3.63) is 24.3 Å². The molecule has 0 bridgehead atoms. The number of para-hydroxylation sites is 1. The van der Waals surface area contributed by atoms with E-state index in [1.165, 1.54) is 12.8 Å². The zero-order valence-electron chi connectivity index (χ0n) is 12.0. The maximum Gasteiger partial charge on any atom is 0.180 e. The molecule has 1 aliphatic carbocycles. The van der Waals surface area contributed by atoms with Crippen LogP contribution >= 0.6 is 15.9 Å². The molecule has 0 saturated heterocycles. The summed E-state index contributed by atoms with van der Waals surface area (Å²) >= 11 is 3.60. The molecule has 1 aromatic rings. The molecule has 0 atom stereocenters. The van der Waals surface area contributed by atoms with Gasteiger partial charge in [0.15, 0.2) is 9.84 Å². The number of halogens is 1. The molecular weight excluding hydrogens is 338 g/mol. The summed E-state index contributed by atoms with van der Waals surface area (Å²) in [6.45, 7) is 2.81. The lowest BCUT2D eigenvalue weighted by molar-refractivity contribution is 0.339. The first-order chi connectivity index (χ1) is 9.44. The van der Waals surface area contributed by atoms with Crippen LogP contribution in [0.1, 0.15) is 26.2 Å². The first-order valence-electron chi connectivity index (χ1n) is 7.11. The lowest BCUT2D eigenvalue weighted by Gasteiger charge is -2.35. The minimum atomic E-state index is -3.17. The van der Waals surface area contributed by atoms with Crippen LogP contribution in [0.5, 0.6) is 0 Å². The Morgan fingerprint density at radius 2 is 1.95 bits per heavy atom. The highest BCUT2D eigenvalue weighted by Crippen LogP contribution is 2.35. The standard InChI is InChI=1S/C15H22BrNO2S/c1-3-8-20(18,19)15-7-5-4-6-14(15)17(2)11-12-9-13(16)10-12/h4-7,12-13H,3,8-11H2,1-2H3. The van der Waals surface area contributed by atoms with E-state index in [0.717, 1.165) is 12.2 Å². The van der Waals surface area contributed by atoms with E-state index in [1.807, 2.05) is 26.1 Å². The Morgan fingerprint density at radius 1 is 1.30 bits per heavy atom. The van der Waals surface area contributed by atoms with Crippen molar-refractivity contribution in [3.8, 4) is 0 Å². The fourth-order valence-corrected chi connectivity index (χ4v) is 5.35. The largest absolute Gasteiger partial charge is 0.373 e. The summed E-state index contributed by atoms with van der Waals surface area (Å²) in [5, 5.41) is 0. The van der Waals surface area contributed by atoms with Crippen molar-refractivity contribution >= 4 is 31.5 Å². The van der Waals surface area contributed by atoms with E-state index in [0.29, 0.717) is 22.1 Å². The van der Waals surface area contributed by atoms with Crippen LogP contribution in [-0.2, 0) is 9.84 Å². The maximum atomic E-state index is 12.3. The average Bonchev–Trinajstić information content (AvgIpc) is 2.37. The van der Waals surface area contributed by atoms with Crippen molar-refractivity contribution < 1.29 is 8.42 Å². The normalized spacial score (nSPS) is 22.4. The fraction of sp³-hybridized carbons (Fsp3) is 0.600. The molecule has 0 unspecified atom stereocenters. The Morgan fingerprint density at radius 3 is 2.55 bits per heavy atom. The highest BCUT2D eigenvalue weighted by Gasteiger charge is 2.29. The van der Waals surface area contributed by atoms with Gasteiger partial charge in [-0.2, -0.15) is 0 Å². The van der Waals surface area contributed by atoms with E-state index in [2.05, 4.69) is 20.8 Å². The number of hydrogen-bond donors (Lipinski definition) is 0. The molecule has 0 N–H and O–H groups in total. The van der Waals surface area contributed by atoms with Gasteiger partial charge in [0.1, 0.15) is 0 Å². The van der Waals surface area contributed by atoms with Gasteiger partial charge in [0.05, 0.1) is 16.3 Å². The van der Waals surface area contributed by atoms with Crippen LogP contribution in [0.2, 0.25) is 0 Å². The lowest BCUT2D eigenvalue weighted by Crippen LogP contribution is -2.35. The van der Waals surface area contributed by atoms with Gasteiger partial charge >= 0.3 is 0 Å². The summed E-state index contributed by atoms with van der Waals surface area (Å²) in [6, 6.07) is 7.35. The van der Waals surface area contributed by atoms with Crippen LogP contribution in [0.3, 0.4) is 0 Å². The van der Waals surface area contributed by atoms with E-state index >= 15 is 0 Å². The summed E-state index contributed by atoms with van der Waals surface area (Å²) in [5.41, 5.74) is 0.832. The number of benzene rings is 1. The van der Waals surface area contributed by atoms with E-state index in [4.69, 9.17) is 0 Å². The third-order valence-electron chi connectivity index (χ3n) is 3.79. The first kappa shape index (κ1) is 15.8. The van der Waals surface area contributed by atoms with Crippen molar-refractivity contribution in [2.75, 3.05) is 24.2 Å². The molecule has 0 aromatic heterocycles. The second-order valence-corrected chi connectivity index (χ2v) is 8.97. The molecule has 2 rings (SSSR count). The van der Waals surface area contributed by atoms with E-state index in [9.17, 15) is 8.42 Å². The van der Waals surface area contributed by atoms with Gasteiger partial charge in [0.2, 0.25) is 0 Å². The van der Waals surface area contributed by atoms with E-state index in [1.54, 1.807) is 12.1 Å². The highest BCUT2D eigenvalue weighted by atomic mass is 79.9. The van der Waals surface area contributed by atoms with Gasteiger partial charge < -0.3 is 4.90 Å². The molecule has 20 heavy (non-hydrogen) atoms. The lowest BCUT2D eigenvalue weighted by atomic mass is 9.85. The number of sulfone groups is 1. The SMILES string of the molecule is CCCS(=O)(=O)c1ccccc1N(C)CC1CC(Br)C1. The number of alkyl halides is 1. The molecule has 3 nitrogen and oxygen atoms in total. The van der Waals surface area contributed by atoms with Crippen molar-refractivity contribution in [2.45, 2.75) is 35.9 Å². The Balaban J connectivity index is 2.19. The number of nitrogens with zero attached hydrogens (tertiary/aromatic N) is 1. The van der Waals surface area contributed by atoms with E-state index in [-0.39, 0.29) is 5.75 Å². The summed E-state index contributed by atoms with van der Waals surface area (Å²) in [4.78, 5) is 3.20. The Kier molecular flexibility index (Phi) is 5.13. The van der Waals surface area contributed by atoms with Crippen LogP contribution in [0.15, 0.2) is 29.2 Å².